The van der Waals surface area contributed by atoms with Gasteiger partial charge in [-0.25, -0.2) is 4.98 Å². The molecule has 198 valence electrons. The molecular weight excluding hydrogens is 506 g/mol. The Morgan fingerprint density at radius 3 is 2.38 bits per heavy atom. The van der Waals surface area contributed by atoms with Crippen LogP contribution in [0.5, 0.6) is 0 Å². The molecule has 0 aliphatic rings. The predicted molar refractivity (Wildman–Crippen MR) is 156 cm³/mol. The fourth-order valence-corrected chi connectivity index (χ4v) is 5.72. The molecule has 3 aromatic carbocycles. The molecule has 5 rings (SSSR count). The number of rotatable bonds is 9. The standard InChI is InChI=1S/C32H31N3O3S/c1-21(2)27(19-33-31(36)26-15-10-16-28-25(26)17-18-38-28)35(20-23-11-6-4-7-12-23)32(37)29-30(39-22(3)34-29)24-13-8-5-9-14-24/h4-18,21,27H,19-20H2,1-3H3,(H,33,36)/t27-/m1/s1. The predicted octanol–water partition coefficient (Wildman–Crippen LogP) is 6.96. The first-order chi connectivity index (χ1) is 18.9. The van der Waals surface area contributed by atoms with Crippen molar-refractivity contribution in [1.82, 2.24) is 15.2 Å². The van der Waals surface area contributed by atoms with Crippen molar-refractivity contribution in [1.29, 1.82) is 0 Å². The van der Waals surface area contributed by atoms with E-state index in [1.54, 1.807) is 18.4 Å². The molecule has 2 aromatic heterocycles. The van der Waals surface area contributed by atoms with Gasteiger partial charge in [0.25, 0.3) is 11.8 Å². The molecule has 39 heavy (non-hydrogen) atoms. The minimum absolute atomic E-state index is 0.0718. The van der Waals surface area contributed by atoms with E-state index in [0.29, 0.717) is 29.9 Å². The zero-order chi connectivity index (χ0) is 27.4. The van der Waals surface area contributed by atoms with Gasteiger partial charge in [0.2, 0.25) is 0 Å². The summed E-state index contributed by atoms with van der Waals surface area (Å²) >= 11 is 1.52. The molecule has 5 aromatic rings. The van der Waals surface area contributed by atoms with Crippen LogP contribution in [0.2, 0.25) is 0 Å². The highest BCUT2D eigenvalue weighted by Crippen LogP contribution is 2.32. The van der Waals surface area contributed by atoms with Gasteiger partial charge in [-0.05, 0) is 42.2 Å². The van der Waals surface area contributed by atoms with Crippen LogP contribution in [0.3, 0.4) is 0 Å². The van der Waals surface area contributed by atoms with Crippen LogP contribution < -0.4 is 5.32 Å². The number of aromatic nitrogens is 1. The molecule has 6 nitrogen and oxygen atoms in total. The number of benzene rings is 3. The van der Waals surface area contributed by atoms with E-state index in [1.165, 1.54) is 11.3 Å². The molecule has 1 N–H and O–H groups in total. The number of aryl methyl sites for hydroxylation is 1. The van der Waals surface area contributed by atoms with Crippen molar-refractivity contribution in [3.05, 3.63) is 113 Å². The SMILES string of the molecule is Cc1nc(C(=O)N(Cc2ccccc2)[C@H](CNC(=O)c2cccc3occc23)C(C)C)c(-c2ccccc2)s1. The first kappa shape index (κ1) is 26.4. The maximum absolute atomic E-state index is 14.3. The smallest absolute Gasteiger partial charge is 0.274 e. The summed E-state index contributed by atoms with van der Waals surface area (Å²) in [6.45, 7) is 6.77. The molecule has 2 heterocycles. The number of nitrogens with one attached hydrogen (secondary N) is 1. The number of hydrogen-bond acceptors (Lipinski definition) is 5. The Labute approximate surface area is 232 Å². The van der Waals surface area contributed by atoms with E-state index >= 15 is 0 Å². The van der Waals surface area contributed by atoms with Crippen LogP contribution in [0, 0.1) is 12.8 Å². The van der Waals surface area contributed by atoms with E-state index in [9.17, 15) is 9.59 Å². The van der Waals surface area contributed by atoms with Gasteiger partial charge in [-0.1, -0.05) is 80.6 Å². The fourth-order valence-electron chi connectivity index (χ4n) is 4.80. The van der Waals surface area contributed by atoms with Gasteiger partial charge in [-0.2, -0.15) is 0 Å². The van der Waals surface area contributed by atoms with Crippen molar-refractivity contribution in [3.8, 4) is 10.4 Å². The molecule has 0 aliphatic heterocycles. The van der Waals surface area contributed by atoms with Crippen LogP contribution in [-0.2, 0) is 6.54 Å². The van der Waals surface area contributed by atoms with E-state index in [0.717, 1.165) is 26.4 Å². The lowest BCUT2D eigenvalue weighted by molar-refractivity contribution is 0.0588. The highest BCUT2D eigenvalue weighted by atomic mass is 32.1. The van der Waals surface area contributed by atoms with Crippen molar-refractivity contribution in [2.75, 3.05) is 6.54 Å². The monoisotopic (exact) mass is 537 g/mol. The summed E-state index contributed by atoms with van der Waals surface area (Å²) in [5.74, 6) is -0.274. The minimum atomic E-state index is -0.268. The van der Waals surface area contributed by atoms with Crippen LogP contribution >= 0.6 is 11.3 Å². The molecule has 0 spiro atoms. The van der Waals surface area contributed by atoms with E-state index in [2.05, 4.69) is 19.2 Å². The Morgan fingerprint density at radius 2 is 1.67 bits per heavy atom. The van der Waals surface area contributed by atoms with Crippen LogP contribution in [0.1, 0.15) is 45.3 Å². The Bertz CT molecular complexity index is 1570. The third kappa shape index (κ3) is 5.78. The van der Waals surface area contributed by atoms with Crippen molar-refractivity contribution >= 4 is 34.1 Å². The summed E-state index contributed by atoms with van der Waals surface area (Å²) in [6, 6.07) is 26.8. The number of thiazole rings is 1. The van der Waals surface area contributed by atoms with Crippen LogP contribution in [0.25, 0.3) is 21.4 Å². The highest BCUT2D eigenvalue weighted by Gasteiger charge is 2.31. The Morgan fingerprint density at radius 1 is 0.949 bits per heavy atom. The molecule has 0 bridgehead atoms. The normalized spacial score (nSPS) is 12.0. The average molecular weight is 538 g/mol. The molecular formula is C32H31N3O3S. The van der Waals surface area contributed by atoms with Gasteiger partial charge in [-0.15, -0.1) is 11.3 Å². The molecule has 7 heteroatoms. The highest BCUT2D eigenvalue weighted by molar-refractivity contribution is 7.15. The maximum Gasteiger partial charge on any atom is 0.274 e. The lowest BCUT2D eigenvalue weighted by atomic mass is 10.00. The molecule has 0 fully saturated rings. The van der Waals surface area contributed by atoms with Crippen LogP contribution in [-0.4, -0.2) is 34.3 Å². The van der Waals surface area contributed by atoms with Crippen molar-refractivity contribution in [3.63, 3.8) is 0 Å². The third-order valence-electron chi connectivity index (χ3n) is 6.81. The molecule has 0 radical (unpaired) electrons. The largest absolute Gasteiger partial charge is 0.464 e. The minimum Gasteiger partial charge on any atom is -0.464 e. The van der Waals surface area contributed by atoms with Crippen molar-refractivity contribution < 1.29 is 14.0 Å². The molecule has 0 unspecified atom stereocenters. The van der Waals surface area contributed by atoms with Crippen LogP contribution in [0.15, 0.2) is 95.6 Å². The lowest BCUT2D eigenvalue weighted by Crippen LogP contribution is -2.49. The summed E-state index contributed by atoms with van der Waals surface area (Å²) in [5.41, 5.74) is 3.63. The van der Waals surface area contributed by atoms with Gasteiger partial charge in [0, 0.05) is 18.5 Å². The maximum atomic E-state index is 14.3. The second kappa shape index (κ2) is 11.7. The lowest BCUT2D eigenvalue weighted by Gasteiger charge is -2.35. The molecule has 0 saturated carbocycles. The number of furan rings is 1. The fraction of sp³-hybridized carbons (Fsp3) is 0.219. The average Bonchev–Trinajstić information content (AvgIpc) is 3.59. The van der Waals surface area contributed by atoms with E-state index in [-0.39, 0.29) is 23.8 Å². The third-order valence-corrected chi connectivity index (χ3v) is 7.83. The second-order valence-electron chi connectivity index (χ2n) is 9.85. The summed E-state index contributed by atoms with van der Waals surface area (Å²) in [5, 5.41) is 4.69. The van der Waals surface area contributed by atoms with E-state index < -0.39 is 0 Å². The van der Waals surface area contributed by atoms with Gasteiger partial charge in [0.1, 0.15) is 11.3 Å². The van der Waals surface area contributed by atoms with E-state index in [1.807, 2.05) is 84.6 Å². The number of nitrogens with zero attached hydrogens (tertiary/aromatic N) is 2. The Kier molecular flexibility index (Phi) is 7.89. The Hall–Kier alpha value is -4.23. The second-order valence-corrected chi connectivity index (χ2v) is 11.1. The Balaban J connectivity index is 1.47. The number of fused-ring (bicyclic) bond motifs is 1. The van der Waals surface area contributed by atoms with Gasteiger partial charge < -0.3 is 14.6 Å². The zero-order valence-electron chi connectivity index (χ0n) is 22.3. The van der Waals surface area contributed by atoms with E-state index in [4.69, 9.17) is 9.40 Å². The summed E-state index contributed by atoms with van der Waals surface area (Å²) in [4.78, 5) is 35.0. The van der Waals surface area contributed by atoms with Crippen molar-refractivity contribution in [2.45, 2.75) is 33.4 Å². The topological polar surface area (TPSA) is 75.4 Å². The molecule has 2 amide bonds. The summed E-state index contributed by atoms with van der Waals surface area (Å²) in [7, 11) is 0. The summed E-state index contributed by atoms with van der Waals surface area (Å²) < 4.78 is 5.47. The summed E-state index contributed by atoms with van der Waals surface area (Å²) in [6.07, 6.45) is 1.58. The van der Waals surface area contributed by atoms with Gasteiger partial charge >= 0.3 is 0 Å². The molecule has 0 aliphatic carbocycles. The number of hydrogen-bond donors (Lipinski definition) is 1. The van der Waals surface area contributed by atoms with Gasteiger partial charge in [-0.3, -0.25) is 9.59 Å². The number of amides is 2. The number of carbonyl (C=O) groups excluding carboxylic acids is 2. The van der Waals surface area contributed by atoms with Crippen molar-refractivity contribution in [2.24, 2.45) is 5.92 Å². The molecule has 1 atom stereocenters. The zero-order valence-corrected chi connectivity index (χ0v) is 23.1. The van der Waals surface area contributed by atoms with Gasteiger partial charge in [0.15, 0.2) is 0 Å². The number of carbonyl (C=O) groups is 2. The first-order valence-electron chi connectivity index (χ1n) is 13.0. The first-order valence-corrected chi connectivity index (χ1v) is 13.9. The molecule has 0 saturated heterocycles. The van der Waals surface area contributed by atoms with Crippen LogP contribution in [0.4, 0.5) is 0 Å². The quantitative estimate of drug-likeness (QED) is 0.221. The van der Waals surface area contributed by atoms with Gasteiger partial charge in [0.05, 0.1) is 27.8 Å².